The van der Waals surface area contributed by atoms with Crippen LogP contribution in [0.4, 0.5) is 18.0 Å². The molecular weight excluding hydrogens is 399 g/mol. The molecule has 1 aromatic rings. The molecule has 0 saturated carbocycles. The molecular formula is C21H28F3N3O3. The van der Waals surface area contributed by atoms with Crippen molar-refractivity contribution in [1.29, 1.82) is 0 Å². The van der Waals surface area contributed by atoms with Gasteiger partial charge in [0.25, 0.3) is 0 Å². The minimum atomic E-state index is -4.36. The number of piperidine rings is 1. The maximum Gasteiger partial charge on any atom is 0.416 e. The van der Waals surface area contributed by atoms with E-state index < -0.39 is 17.8 Å². The lowest BCUT2D eigenvalue weighted by Gasteiger charge is -2.51. The number of carbonyl (C=O) groups is 1. The third-order valence-corrected chi connectivity index (χ3v) is 6.84. The van der Waals surface area contributed by atoms with E-state index in [0.717, 1.165) is 50.9 Å². The monoisotopic (exact) mass is 427 g/mol. The van der Waals surface area contributed by atoms with Gasteiger partial charge in [-0.3, -0.25) is 9.80 Å². The second kappa shape index (κ2) is 8.36. The van der Waals surface area contributed by atoms with Crippen LogP contribution < -0.4 is 0 Å². The van der Waals surface area contributed by atoms with E-state index in [9.17, 15) is 23.1 Å². The molecule has 4 rings (SSSR count). The quantitative estimate of drug-likeness (QED) is 0.798. The smallest absolute Gasteiger partial charge is 0.416 e. The zero-order chi connectivity index (χ0) is 21.4. The van der Waals surface area contributed by atoms with E-state index >= 15 is 0 Å². The number of likely N-dealkylation sites (tertiary alicyclic amines) is 2. The molecule has 0 aliphatic carbocycles. The summed E-state index contributed by atoms with van der Waals surface area (Å²) in [6, 6.07) is 5.53. The summed E-state index contributed by atoms with van der Waals surface area (Å²) in [5, 5.41) is 9.32. The highest BCUT2D eigenvalue weighted by Gasteiger charge is 2.48. The fourth-order valence-corrected chi connectivity index (χ4v) is 5.25. The molecule has 0 aromatic heterocycles. The van der Waals surface area contributed by atoms with Crippen LogP contribution in [0.2, 0.25) is 0 Å². The number of hydrogen-bond acceptors (Lipinski definition) is 4. The van der Waals surface area contributed by atoms with Crippen molar-refractivity contribution in [1.82, 2.24) is 14.7 Å². The van der Waals surface area contributed by atoms with Crippen LogP contribution in [0.1, 0.15) is 43.0 Å². The number of benzene rings is 1. The predicted molar refractivity (Wildman–Crippen MR) is 104 cm³/mol. The van der Waals surface area contributed by atoms with Gasteiger partial charge in [-0.25, -0.2) is 4.79 Å². The number of ether oxygens (including phenoxy) is 1. The highest BCUT2D eigenvalue weighted by molar-refractivity contribution is 5.65. The van der Waals surface area contributed by atoms with Crippen molar-refractivity contribution >= 4 is 6.09 Å². The fraction of sp³-hybridized carbons (Fsp3) is 0.667. The number of halogens is 3. The Morgan fingerprint density at radius 3 is 2.20 bits per heavy atom. The van der Waals surface area contributed by atoms with Gasteiger partial charge in [0.2, 0.25) is 0 Å². The molecule has 30 heavy (non-hydrogen) atoms. The molecule has 1 N–H and O–H groups in total. The van der Waals surface area contributed by atoms with Crippen LogP contribution in [0.3, 0.4) is 0 Å². The highest BCUT2D eigenvalue weighted by Crippen LogP contribution is 2.45. The molecule has 3 fully saturated rings. The minimum absolute atomic E-state index is 0.113. The summed E-state index contributed by atoms with van der Waals surface area (Å²) < 4.78 is 44.7. The van der Waals surface area contributed by atoms with Gasteiger partial charge < -0.3 is 14.7 Å². The molecule has 1 aromatic carbocycles. The van der Waals surface area contributed by atoms with E-state index in [1.807, 2.05) is 0 Å². The molecule has 3 saturated heterocycles. The van der Waals surface area contributed by atoms with Crippen molar-refractivity contribution in [3.05, 3.63) is 35.4 Å². The molecule has 3 aliphatic heterocycles. The van der Waals surface area contributed by atoms with Crippen LogP contribution in [0.25, 0.3) is 0 Å². The minimum Gasteiger partial charge on any atom is -0.465 e. The summed E-state index contributed by atoms with van der Waals surface area (Å²) in [5.74, 6) is 0. The van der Waals surface area contributed by atoms with Crippen LogP contribution in [0.15, 0.2) is 24.3 Å². The van der Waals surface area contributed by atoms with Crippen LogP contribution in [0, 0.1) is 0 Å². The molecule has 1 spiro atoms. The number of amides is 1. The first-order valence-electron chi connectivity index (χ1n) is 10.5. The number of morpholine rings is 1. The van der Waals surface area contributed by atoms with E-state index in [-0.39, 0.29) is 11.7 Å². The normalized spacial score (nSPS) is 24.3. The predicted octanol–water partition coefficient (Wildman–Crippen LogP) is 3.64. The van der Waals surface area contributed by atoms with Gasteiger partial charge in [0.1, 0.15) is 0 Å². The summed E-state index contributed by atoms with van der Waals surface area (Å²) in [4.78, 5) is 17.5. The van der Waals surface area contributed by atoms with Gasteiger partial charge in [-0.15, -0.1) is 0 Å². The first kappa shape index (κ1) is 21.4. The van der Waals surface area contributed by atoms with Crippen molar-refractivity contribution in [2.24, 2.45) is 0 Å². The first-order valence-corrected chi connectivity index (χ1v) is 10.5. The number of carboxylic acid groups (broad SMARTS) is 1. The molecule has 3 heterocycles. The van der Waals surface area contributed by atoms with Gasteiger partial charge >= 0.3 is 12.3 Å². The zero-order valence-corrected chi connectivity index (χ0v) is 16.9. The van der Waals surface area contributed by atoms with Crippen LogP contribution >= 0.6 is 0 Å². The summed E-state index contributed by atoms with van der Waals surface area (Å²) in [7, 11) is 0. The zero-order valence-electron chi connectivity index (χ0n) is 16.9. The Kier molecular flexibility index (Phi) is 5.96. The topological polar surface area (TPSA) is 56.2 Å². The molecule has 6 nitrogen and oxygen atoms in total. The third-order valence-electron chi connectivity index (χ3n) is 6.84. The standard InChI is InChI=1S/C21H28F3N3O3/c22-21(23,24)17-4-2-16(3-5-17)18(25-12-14-30-15-13-25)27-9-1-6-20(27)7-10-26(11-8-20)19(28)29/h2-5,18H,1,6-15H2,(H,28,29). The Morgan fingerprint density at radius 1 is 1.00 bits per heavy atom. The fourth-order valence-electron chi connectivity index (χ4n) is 5.25. The second-order valence-electron chi connectivity index (χ2n) is 8.43. The van der Waals surface area contributed by atoms with Crippen molar-refractivity contribution in [3.8, 4) is 0 Å². The lowest BCUT2D eigenvalue weighted by molar-refractivity contribution is -0.137. The third kappa shape index (κ3) is 4.15. The Hall–Kier alpha value is -1.84. The summed E-state index contributed by atoms with van der Waals surface area (Å²) >= 11 is 0. The van der Waals surface area contributed by atoms with E-state index in [4.69, 9.17) is 4.74 Å². The maximum atomic E-state index is 13.1. The van der Waals surface area contributed by atoms with Gasteiger partial charge in [0.15, 0.2) is 0 Å². The summed E-state index contributed by atoms with van der Waals surface area (Å²) in [5.41, 5.74) is 0.0992. The van der Waals surface area contributed by atoms with Crippen molar-refractivity contribution in [3.63, 3.8) is 0 Å². The average Bonchev–Trinajstić information content (AvgIpc) is 3.12. The molecule has 166 valence electrons. The van der Waals surface area contributed by atoms with E-state index in [2.05, 4.69) is 9.80 Å². The van der Waals surface area contributed by atoms with Crippen LogP contribution in [-0.4, -0.2) is 77.4 Å². The van der Waals surface area contributed by atoms with Gasteiger partial charge in [0, 0.05) is 38.3 Å². The molecule has 1 amide bonds. The van der Waals surface area contributed by atoms with Gasteiger partial charge in [0.05, 0.1) is 24.9 Å². The SMILES string of the molecule is O=C(O)N1CCC2(CCCN2C(c2ccc(C(F)(F)F)cc2)N2CCOCC2)CC1. The largest absolute Gasteiger partial charge is 0.465 e. The molecule has 1 unspecified atom stereocenters. The van der Waals surface area contributed by atoms with Crippen molar-refractivity contribution < 1.29 is 27.8 Å². The van der Waals surface area contributed by atoms with Crippen LogP contribution in [0.5, 0.6) is 0 Å². The van der Waals surface area contributed by atoms with Gasteiger partial charge in [-0.05, 0) is 43.4 Å². The average molecular weight is 427 g/mol. The first-order chi connectivity index (χ1) is 14.3. The summed E-state index contributed by atoms with van der Waals surface area (Å²) in [6.45, 7) is 4.49. The van der Waals surface area contributed by atoms with Crippen molar-refractivity contribution in [2.75, 3.05) is 45.9 Å². The van der Waals surface area contributed by atoms with Crippen molar-refractivity contribution in [2.45, 2.75) is 43.6 Å². The Morgan fingerprint density at radius 2 is 1.63 bits per heavy atom. The lowest BCUT2D eigenvalue weighted by Crippen LogP contribution is -2.57. The Balaban J connectivity index is 1.63. The molecule has 0 radical (unpaired) electrons. The number of alkyl halides is 3. The van der Waals surface area contributed by atoms with E-state index in [0.29, 0.717) is 26.3 Å². The maximum absolute atomic E-state index is 13.1. The Labute approximate surface area is 174 Å². The van der Waals surface area contributed by atoms with Gasteiger partial charge in [-0.2, -0.15) is 13.2 Å². The van der Waals surface area contributed by atoms with Crippen LogP contribution in [-0.2, 0) is 10.9 Å². The summed E-state index contributed by atoms with van der Waals surface area (Å²) in [6.07, 6.45) is -1.87. The highest BCUT2D eigenvalue weighted by atomic mass is 19.4. The lowest BCUT2D eigenvalue weighted by atomic mass is 9.84. The number of hydrogen-bond donors (Lipinski definition) is 1. The molecule has 3 aliphatic rings. The second-order valence-corrected chi connectivity index (χ2v) is 8.43. The molecule has 0 bridgehead atoms. The molecule has 9 heteroatoms. The van der Waals surface area contributed by atoms with E-state index in [1.165, 1.54) is 17.0 Å². The van der Waals surface area contributed by atoms with E-state index in [1.54, 1.807) is 12.1 Å². The Bertz CT molecular complexity index is 742. The molecule has 1 atom stereocenters. The number of nitrogens with zero attached hydrogens (tertiary/aromatic N) is 3. The van der Waals surface area contributed by atoms with Gasteiger partial charge in [-0.1, -0.05) is 12.1 Å². The number of rotatable bonds is 3.